The fourth-order valence-corrected chi connectivity index (χ4v) is 3.37. The van der Waals surface area contributed by atoms with E-state index in [1.54, 1.807) is 24.5 Å². The molecule has 0 atom stereocenters. The van der Waals surface area contributed by atoms with Crippen molar-refractivity contribution in [1.29, 1.82) is 0 Å². The number of aromatic nitrogens is 2. The predicted octanol–water partition coefficient (Wildman–Crippen LogP) is 4.57. The van der Waals surface area contributed by atoms with Crippen molar-refractivity contribution < 1.29 is 9.84 Å². The topological polar surface area (TPSA) is 70.5 Å². The Balaban J connectivity index is 1.27. The van der Waals surface area contributed by atoms with Crippen molar-refractivity contribution >= 4 is 23.8 Å². The molecule has 2 N–H and O–H groups in total. The molecule has 6 heteroatoms. The average Bonchev–Trinajstić information content (AvgIpc) is 3.28. The summed E-state index contributed by atoms with van der Waals surface area (Å²) in [6.45, 7) is 4.08. The lowest BCUT2D eigenvalue weighted by molar-refractivity contribution is 0.238. The van der Waals surface area contributed by atoms with E-state index in [4.69, 9.17) is 4.74 Å². The number of anilines is 2. The second-order valence-electron chi connectivity index (χ2n) is 7.31. The van der Waals surface area contributed by atoms with Crippen molar-refractivity contribution in [3.05, 3.63) is 72.1 Å². The first kappa shape index (κ1) is 19.9. The Hall–Kier alpha value is -3.38. The summed E-state index contributed by atoms with van der Waals surface area (Å²) < 4.78 is 5.84. The summed E-state index contributed by atoms with van der Waals surface area (Å²) in [5, 5.41) is 12.7. The molecule has 2 aromatic carbocycles. The fourth-order valence-electron chi connectivity index (χ4n) is 3.37. The highest BCUT2D eigenvalue weighted by Gasteiger charge is 2.10. The van der Waals surface area contributed by atoms with E-state index in [2.05, 4.69) is 20.2 Å². The van der Waals surface area contributed by atoms with Crippen LogP contribution >= 0.6 is 0 Å². The van der Waals surface area contributed by atoms with Crippen LogP contribution in [0, 0.1) is 0 Å². The second kappa shape index (κ2) is 9.89. The quantitative estimate of drug-likeness (QED) is 0.575. The Kier molecular flexibility index (Phi) is 6.57. The van der Waals surface area contributed by atoms with Gasteiger partial charge in [0.1, 0.15) is 18.1 Å². The van der Waals surface area contributed by atoms with Crippen LogP contribution in [0.2, 0.25) is 0 Å². The molecule has 0 radical (unpaired) electrons. The molecule has 1 aliphatic heterocycles. The molecule has 0 spiro atoms. The van der Waals surface area contributed by atoms with Crippen molar-refractivity contribution in [3.8, 4) is 11.5 Å². The molecular weight excluding hydrogens is 376 g/mol. The summed E-state index contributed by atoms with van der Waals surface area (Å²) in [7, 11) is 0. The molecule has 0 bridgehead atoms. The van der Waals surface area contributed by atoms with Crippen LogP contribution in [0.1, 0.15) is 24.0 Å². The normalized spacial score (nSPS) is 14.3. The number of ether oxygens (including phenoxy) is 1. The van der Waals surface area contributed by atoms with Gasteiger partial charge in [-0.2, -0.15) is 0 Å². The maximum atomic E-state index is 9.51. The van der Waals surface area contributed by atoms with Crippen LogP contribution in [-0.2, 0) is 0 Å². The predicted molar refractivity (Wildman–Crippen MR) is 120 cm³/mol. The minimum Gasteiger partial charge on any atom is -0.508 e. The maximum Gasteiger partial charge on any atom is 0.227 e. The van der Waals surface area contributed by atoms with Gasteiger partial charge in [-0.15, -0.1) is 0 Å². The fraction of sp³-hybridized carbons (Fsp3) is 0.250. The number of hydrogen-bond donors (Lipinski definition) is 2. The van der Waals surface area contributed by atoms with E-state index < -0.39 is 0 Å². The van der Waals surface area contributed by atoms with Gasteiger partial charge in [0.2, 0.25) is 5.95 Å². The summed E-state index contributed by atoms with van der Waals surface area (Å²) in [6.07, 6.45) is 9.93. The second-order valence-corrected chi connectivity index (χ2v) is 7.31. The Morgan fingerprint density at radius 1 is 0.967 bits per heavy atom. The Bertz CT molecular complexity index is 965. The first-order valence-electron chi connectivity index (χ1n) is 10.3. The molecule has 0 amide bonds. The molecular formula is C24H26N4O2. The molecule has 4 rings (SSSR count). The third kappa shape index (κ3) is 5.81. The minimum atomic E-state index is 0.246. The smallest absolute Gasteiger partial charge is 0.227 e. The van der Waals surface area contributed by atoms with E-state index in [1.807, 2.05) is 48.6 Å². The third-order valence-electron chi connectivity index (χ3n) is 5.00. The third-order valence-corrected chi connectivity index (χ3v) is 5.00. The molecule has 0 saturated carbocycles. The van der Waals surface area contributed by atoms with E-state index in [0.717, 1.165) is 29.1 Å². The van der Waals surface area contributed by atoms with Gasteiger partial charge in [-0.05, 0) is 67.9 Å². The number of hydrogen-bond acceptors (Lipinski definition) is 6. The summed E-state index contributed by atoms with van der Waals surface area (Å²) in [5.41, 5.74) is 2.70. The summed E-state index contributed by atoms with van der Waals surface area (Å²) in [4.78, 5) is 11.2. The number of phenols is 1. The van der Waals surface area contributed by atoms with Crippen LogP contribution in [0.3, 0.4) is 0 Å². The first-order valence-corrected chi connectivity index (χ1v) is 10.3. The molecule has 1 fully saturated rings. The standard InChI is InChI=1S/C24H26N4O2/c29-22-5-3-4-19(16-22)6-7-20-17-25-24(26-18-20)27-21-8-10-23(11-9-21)30-15-14-28-12-1-2-13-28/h3-11,16-18,29H,1-2,12-15H2,(H,25,26,27)/b7-6+. The van der Waals surface area contributed by atoms with Crippen molar-refractivity contribution in [2.24, 2.45) is 0 Å². The van der Waals surface area contributed by atoms with Gasteiger partial charge in [-0.25, -0.2) is 9.97 Å². The minimum absolute atomic E-state index is 0.246. The maximum absolute atomic E-state index is 9.51. The van der Waals surface area contributed by atoms with E-state index in [0.29, 0.717) is 12.6 Å². The van der Waals surface area contributed by atoms with Crippen LogP contribution in [0.15, 0.2) is 60.9 Å². The van der Waals surface area contributed by atoms with Crippen LogP contribution in [0.25, 0.3) is 12.2 Å². The van der Waals surface area contributed by atoms with Crippen molar-refractivity contribution in [2.75, 3.05) is 31.6 Å². The summed E-state index contributed by atoms with van der Waals surface area (Å²) in [6, 6.07) is 14.9. The Morgan fingerprint density at radius 2 is 1.70 bits per heavy atom. The van der Waals surface area contributed by atoms with E-state index in [-0.39, 0.29) is 5.75 Å². The van der Waals surface area contributed by atoms with E-state index >= 15 is 0 Å². The summed E-state index contributed by atoms with van der Waals surface area (Å²) in [5.74, 6) is 1.65. The highest BCUT2D eigenvalue weighted by atomic mass is 16.5. The molecule has 6 nitrogen and oxygen atoms in total. The molecule has 0 aliphatic carbocycles. The van der Waals surface area contributed by atoms with Gasteiger partial charge in [0, 0.05) is 30.2 Å². The lowest BCUT2D eigenvalue weighted by Crippen LogP contribution is -2.25. The highest BCUT2D eigenvalue weighted by Crippen LogP contribution is 2.19. The van der Waals surface area contributed by atoms with Crippen LogP contribution in [-0.4, -0.2) is 46.2 Å². The lowest BCUT2D eigenvalue weighted by Gasteiger charge is -2.15. The number of likely N-dealkylation sites (tertiary alicyclic amines) is 1. The van der Waals surface area contributed by atoms with E-state index in [9.17, 15) is 5.11 Å². The monoisotopic (exact) mass is 402 g/mol. The van der Waals surface area contributed by atoms with Crippen LogP contribution < -0.4 is 10.1 Å². The zero-order valence-corrected chi connectivity index (χ0v) is 16.9. The lowest BCUT2D eigenvalue weighted by atomic mass is 10.2. The number of nitrogens with one attached hydrogen (secondary N) is 1. The zero-order valence-electron chi connectivity index (χ0n) is 16.9. The van der Waals surface area contributed by atoms with Crippen molar-refractivity contribution in [1.82, 2.24) is 14.9 Å². The average molecular weight is 402 g/mol. The van der Waals surface area contributed by atoms with Gasteiger partial charge >= 0.3 is 0 Å². The van der Waals surface area contributed by atoms with E-state index in [1.165, 1.54) is 25.9 Å². The van der Waals surface area contributed by atoms with Gasteiger partial charge in [0.15, 0.2) is 0 Å². The molecule has 0 unspecified atom stereocenters. The zero-order chi connectivity index (χ0) is 20.6. The van der Waals surface area contributed by atoms with Crippen molar-refractivity contribution in [3.63, 3.8) is 0 Å². The number of phenolic OH excluding ortho intramolecular Hbond substituents is 1. The SMILES string of the molecule is Oc1cccc(/C=C/c2cnc(Nc3ccc(OCCN4CCCC4)cc3)nc2)c1. The van der Waals surface area contributed by atoms with Gasteiger partial charge < -0.3 is 15.2 Å². The summed E-state index contributed by atoms with van der Waals surface area (Å²) >= 11 is 0. The van der Waals surface area contributed by atoms with Gasteiger partial charge in [-0.1, -0.05) is 24.3 Å². The Labute approximate surface area is 176 Å². The number of aromatic hydroxyl groups is 1. The van der Waals surface area contributed by atoms with Gasteiger partial charge in [-0.3, -0.25) is 4.90 Å². The molecule has 1 saturated heterocycles. The molecule has 1 aliphatic rings. The first-order chi connectivity index (χ1) is 14.7. The molecule has 1 aromatic heterocycles. The number of rotatable bonds is 8. The highest BCUT2D eigenvalue weighted by molar-refractivity contribution is 5.69. The van der Waals surface area contributed by atoms with Crippen LogP contribution in [0.4, 0.5) is 11.6 Å². The van der Waals surface area contributed by atoms with Gasteiger partial charge in [0.25, 0.3) is 0 Å². The van der Waals surface area contributed by atoms with Crippen LogP contribution in [0.5, 0.6) is 11.5 Å². The molecule has 154 valence electrons. The molecule has 30 heavy (non-hydrogen) atoms. The van der Waals surface area contributed by atoms with Gasteiger partial charge in [0.05, 0.1) is 0 Å². The largest absolute Gasteiger partial charge is 0.508 e. The Morgan fingerprint density at radius 3 is 2.43 bits per heavy atom. The molecule has 3 aromatic rings. The molecule has 2 heterocycles. The van der Waals surface area contributed by atoms with Crippen molar-refractivity contribution in [2.45, 2.75) is 12.8 Å². The number of nitrogens with zero attached hydrogens (tertiary/aromatic N) is 3. The number of benzene rings is 2.